The Hall–Kier alpha value is -1.88. The van der Waals surface area contributed by atoms with Crippen LogP contribution < -0.4 is 14.8 Å². The van der Waals surface area contributed by atoms with Crippen LogP contribution in [0.4, 0.5) is 5.69 Å². The van der Waals surface area contributed by atoms with Crippen LogP contribution in [0.2, 0.25) is 0 Å². The highest BCUT2D eigenvalue weighted by Gasteiger charge is 2.16. The Morgan fingerprint density at radius 3 is 2.70 bits per heavy atom. The van der Waals surface area contributed by atoms with E-state index in [9.17, 15) is 5.11 Å². The van der Waals surface area contributed by atoms with Crippen LogP contribution in [-0.4, -0.2) is 11.9 Å². The van der Waals surface area contributed by atoms with E-state index in [0.29, 0.717) is 18.0 Å². The average molecular weight is 336 g/mol. The number of rotatable bonds is 3. The van der Waals surface area contributed by atoms with Crippen LogP contribution in [0, 0.1) is 6.92 Å². The van der Waals surface area contributed by atoms with Crippen LogP contribution in [0.5, 0.6) is 17.2 Å². The van der Waals surface area contributed by atoms with E-state index in [1.54, 1.807) is 12.1 Å². The van der Waals surface area contributed by atoms with Gasteiger partial charge in [0.15, 0.2) is 11.5 Å². The Labute approximate surface area is 125 Å². The molecule has 0 unspecified atom stereocenters. The zero-order valence-electron chi connectivity index (χ0n) is 10.9. The number of aryl methyl sites for hydroxylation is 1. The van der Waals surface area contributed by atoms with Crippen molar-refractivity contribution in [3.05, 3.63) is 45.9 Å². The van der Waals surface area contributed by atoms with Gasteiger partial charge in [-0.3, -0.25) is 0 Å². The van der Waals surface area contributed by atoms with Crippen molar-refractivity contribution >= 4 is 21.6 Å². The molecule has 0 saturated carbocycles. The van der Waals surface area contributed by atoms with Gasteiger partial charge in [-0.15, -0.1) is 0 Å². The van der Waals surface area contributed by atoms with Crippen molar-refractivity contribution in [3.63, 3.8) is 0 Å². The minimum absolute atomic E-state index is 0.199. The number of hydrogen-bond donors (Lipinski definition) is 2. The molecule has 20 heavy (non-hydrogen) atoms. The number of aromatic hydroxyl groups is 1. The fourth-order valence-electron chi connectivity index (χ4n) is 2.07. The highest BCUT2D eigenvalue weighted by molar-refractivity contribution is 9.10. The van der Waals surface area contributed by atoms with Gasteiger partial charge in [-0.25, -0.2) is 0 Å². The fourth-order valence-corrected chi connectivity index (χ4v) is 2.70. The van der Waals surface area contributed by atoms with Crippen LogP contribution in [-0.2, 0) is 6.54 Å². The van der Waals surface area contributed by atoms with Crippen LogP contribution >= 0.6 is 15.9 Å². The minimum atomic E-state index is 0.199. The lowest BCUT2D eigenvalue weighted by atomic mass is 10.1. The number of phenols is 1. The van der Waals surface area contributed by atoms with Crippen LogP contribution in [0.1, 0.15) is 11.1 Å². The summed E-state index contributed by atoms with van der Waals surface area (Å²) in [5, 5.41) is 13.3. The Bertz CT molecular complexity index is 658. The van der Waals surface area contributed by atoms with Gasteiger partial charge in [-0.1, -0.05) is 6.07 Å². The van der Waals surface area contributed by atoms with E-state index in [2.05, 4.69) is 21.2 Å². The number of halogens is 1. The molecule has 0 aliphatic carbocycles. The van der Waals surface area contributed by atoms with Gasteiger partial charge in [0.1, 0.15) is 5.75 Å². The third-order valence-corrected chi connectivity index (χ3v) is 3.82. The predicted octanol–water partition coefficient (Wildman–Crippen LogP) is 3.80. The quantitative estimate of drug-likeness (QED) is 0.895. The summed E-state index contributed by atoms with van der Waals surface area (Å²) in [7, 11) is 0. The maximum atomic E-state index is 9.98. The normalized spacial score (nSPS) is 12.5. The summed E-state index contributed by atoms with van der Waals surface area (Å²) in [6.45, 7) is 2.75. The van der Waals surface area contributed by atoms with Crippen molar-refractivity contribution in [1.29, 1.82) is 0 Å². The van der Waals surface area contributed by atoms with E-state index in [0.717, 1.165) is 15.7 Å². The molecule has 0 amide bonds. The molecule has 1 aliphatic heterocycles. The lowest BCUT2D eigenvalue weighted by Crippen LogP contribution is -2.00. The third-order valence-electron chi connectivity index (χ3n) is 3.17. The summed E-state index contributed by atoms with van der Waals surface area (Å²) in [5.74, 6) is 1.45. The molecule has 0 atom stereocenters. The zero-order chi connectivity index (χ0) is 14.1. The standard InChI is InChI=1S/C15H14BrNO3/c1-9-2-3-12(11(16)4-9)17-7-10-5-14-15(6-13(10)18)20-8-19-14/h2-6,17-18H,7-8H2,1H3. The van der Waals surface area contributed by atoms with Gasteiger partial charge in [-0.05, 0) is 46.6 Å². The molecule has 4 nitrogen and oxygen atoms in total. The second kappa shape index (κ2) is 5.25. The van der Waals surface area contributed by atoms with E-state index >= 15 is 0 Å². The minimum Gasteiger partial charge on any atom is -0.507 e. The number of anilines is 1. The number of hydrogen-bond acceptors (Lipinski definition) is 4. The second-order valence-electron chi connectivity index (χ2n) is 4.67. The van der Waals surface area contributed by atoms with Crippen molar-refractivity contribution in [1.82, 2.24) is 0 Å². The van der Waals surface area contributed by atoms with Crippen LogP contribution in [0.25, 0.3) is 0 Å². The molecule has 0 saturated heterocycles. The van der Waals surface area contributed by atoms with Crippen molar-refractivity contribution in [3.8, 4) is 17.2 Å². The van der Waals surface area contributed by atoms with Crippen molar-refractivity contribution in [2.75, 3.05) is 12.1 Å². The first-order valence-corrected chi connectivity index (χ1v) is 7.04. The van der Waals surface area contributed by atoms with Gasteiger partial charge in [0, 0.05) is 28.3 Å². The van der Waals surface area contributed by atoms with Crippen molar-refractivity contribution in [2.24, 2.45) is 0 Å². The lowest BCUT2D eigenvalue weighted by Gasteiger charge is -2.11. The fraction of sp³-hybridized carbons (Fsp3) is 0.200. The molecule has 2 N–H and O–H groups in total. The van der Waals surface area contributed by atoms with Crippen molar-refractivity contribution < 1.29 is 14.6 Å². The maximum absolute atomic E-state index is 9.98. The Kier molecular flexibility index (Phi) is 3.44. The molecule has 0 aromatic heterocycles. The summed E-state index contributed by atoms with van der Waals surface area (Å²) < 4.78 is 11.5. The highest BCUT2D eigenvalue weighted by Crippen LogP contribution is 2.38. The van der Waals surface area contributed by atoms with E-state index in [-0.39, 0.29) is 12.5 Å². The van der Waals surface area contributed by atoms with E-state index < -0.39 is 0 Å². The SMILES string of the molecule is Cc1ccc(NCc2cc3c(cc2O)OCO3)c(Br)c1. The molecule has 0 fully saturated rings. The molecule has 1 aliphatic rings. The molecule has 2 aromatic carbocycles. The summed E-state index contributed by atoms with van der Waals surface area (Å²) in [6.07, 6.45) is 0. The molecule has 5 heteroatoms. The van der Waals surface area contributed by atoms with Gasteiger partial charge in [0.25, 0.3) is 0 Å². The molecular weight excluding hydrogens is 322 g/mol. The molecule has 2 aromatic rings. The topological polar surface area (TPSA) is 50.7 Å². The summed E-state index contributed by atoms with van der Waals surface area (Å²) in [6, 6.07) is 9.47. The average Bonchev–Trinajstić information content (AvgIpc) is 2.84. The summed E-state index contributed by atoms with van der Waals surface area (Å²) >= 11 is 3.52. The molecule has 3 rings (SSSR count). The zero-order valence-corrected chi connectivity index (χ0v) is 12.5. The predicted molar refractivity (Wildman–Crippen MR) is 80.4 cm³/mol. The first kappa shape index (κ1) is 13.1. The number of ether oxygens (including phenoxy) is 2. The second-order valence-corrected chi connectivity index (χ2v) is 5.53. The van der Waals surface area contributed by atoms with E-state index in [1.807, 2.05) is 25.1 Å². The molecule has 0 radical (unpaired) electrons. The largest absolute Gasteiger partial charge is 0.507 e. The van der Waals surface area contributed by atoms with E-state index in [4.69, 9.17) is 9.47 Å². The summed E-state index contributed by atoms with van der Waals surface area (Å²) in [4.78, 5) is 0. The summed E-state index contributed by atoms with van der Waals surface area (Å²) in [5.41, 5.74) is 2.93. The number of nitrogens with one attached hydrogen (secondary N) is 1. The van der Waals surface area contributed by atoms with Gasteiger partial charge >= 0.3 is 0 Å². The highest BCUT2D eigenvalue weighted by atomic mass is 79.9. The smallest absolute Gasteiger partial charge is 0.231 e. The Morgan fingerprint density at radius 1 is 1.20 bits per heavy atom. The Balaban J connectivity index is 1.78. The van der Waals surface area contributed by atoms with Gasteiger partial charge in [0.05, 0.1) is 0 Å². The number of phenolic OH excluding ortho intramolecular Hbond substituents is 1. The van der Waals surface area contributed by atoms with Crippen molar-refractivity contribution in [2.45, 2.75) is 13.5 Å². The maximum Gasteiger partial charge on any atom is 0.231 e. The van der Waals surface area contributed by atoms with Gasteiger partial charge in [0.2, 0.25) is 6.79 Å². The molecular formula is C15H14BrNO3. The van der Waals surface area contributed by atoms with Gasteiger partial charge in [-0.2, -0.15) is 0 Å². The first-order chi connectivity index (χ1) is 9.63. The van der Waals surface area contributed by atoms with E-state index in [1.165, 1.54) is 5.56 Å². The molecule has 0 spiro atoms. The van der Waals surface area contributed by atoms with Crippen LogP contribution in [0.3, 0.4) is 0 Å². The number of fused-ring (bicyclic) bond motifs is 1. The lowest BCUT2D eigenvalue weighted by molar-refractivity contribution is 0.174. The molecule has 104 valence electrons. The van der Waals surface area contributed by atoms with Gasteiger partial charge < -0.3 is 19.9 Å². The van der Waals surface area contributed by atoms with Crippen LogP contribution in [0.15, 0.2) is 34.8 Å². The Morgan fingerprint density at radius 2 is 1.95 bits per heavy atom. The monoisotopic (exact) mass is 335 g/mol. The molecule has 1 heterocycles. The third kappa shape index (κ3) is 2.54. The first-order valence-electron chi connectivity index (χ1n) is 6.25. The molecule has 0 bridgehead atoms. The number of benzene rings is 2.